The highest BCUT2D eigenvalue weighted by Crippen LogP contribution is 2.65. The molecule has 2 atom stereocenters. The minimum absolute atomic E-state index is 0.0494. The van der Waals surface area contributed by atoms with Gasteiger partial charge in [-0.1, -0.05) is 20.8 Å². The first-order valence-electron chi connectivity index (χ1n) is 5.97. The second kappa shape index (κ2) is 2.99. The minimum Gasteiger partial charge on any atom is -0.493 e. The highest BCUT2D eigenvalue weighted by Gasteiger charge is 2.57. The standard InChI is InChI=1S/C14H17FO/c1-8-13(14(8,2)3)12-9-6-7-16-11(9)5-4-10(12)15/h4-5,8,13H,6-7H2,1-3H3/t8-,13+/m1/s1. The summed E-state index contributed by atoms with van der Waals surface area (Å²) >= 11 is 0. The Morgan fingerprint density at radius 3 is 2.69 bits per heavy atom. The van der Waals surface area contributed by atoms with E-state index in [1.54, 1.807) is 12.1 Å². The Hall–Kier alpha value is -1.05. The van der Waals surface area contributed by atoms with Crippen molar-refractivity contribution in [1.29, 1.82) is 0 Å². The maximum Gasteiger partial charge on any atom is 0.127 e. The second-order valence-electron chi connectivity index (χ2n) is 5.62. The van der Waals surface area contributed by atoms with Crippen molar-refractivity contribution in [2.45, 2.75) is 33.1 Å². The zero-order valence-corrected chi connectivity index (χ0v) is 10.0. The van der Waals surface area contributed by atoms with Gasteiger partial charge in [0.2, 0.25) is 0 Å². The number of rotatable bonds is 1. The predicted octanol–water partition coefficient (Wildman–Crippen LogP) is 3.52. The molecule has 0 amide bonds. The zero-order chi connectivity index (χ0) is 11.5. The third kappa shape index (κ3) is 1.16. The monoisotopic (exact) mass is 220 g/mol. The summed E-state index contributed by atoms with van der Waals surface area (Å²) in [6.45, 7) is 7.35. The molecule has 0 radical (unpaired) electrons. The van der Waals surface area contributed by atoms with Crippen LogP contribution in [0.3, 0.4) is 0 Å². The molecule has 86 valence electrons. The van der Waals surface area contributed by atoms with Crippen molar-refractivity contribution in [1.82, 2.24) is 0 Å². The van der Waals surface area contributed by atoms with Crippen LogP contribution in [0.1, 0.15) is 37.8 Å². The highest BCUT2D eigenvalue weighted by molar-refractivity contribution is 5.48. The van der Waals surface area contributed by atoms with Crippen molar-refractivity contribution in [2.24, 2.45) is 11.3 Å². The number of fused-ring (bicyclic) bond motifs is 1. The normalized spacial score (nSPS) is 29.8. The quantitative estimate of drug-likeness (QED) is 0.703. The molecular weight excluding hydrogens is 203 g/mol. The smallest absolute Gasteiger partial charge is 0.127 e. The number of halogens is 1. The van der Waals surface area contributed by atoms with E-state index in [9.17, 15) is 4.39 Å². The lowest BCUT2D eigenvalue weighted by molar-refractivity contribution is 0.356. The fourth-order valence-electron chi connectivity index (χ4n) is 3.12. The Labute approximate surface area is 95.6 Å². The third-order valence-electron chi connectivity index (χ3n) is 4.55. The molecule has 1 fully saturated rings. The number of hydrogen-bond acceptors (Lipinski definition) is 1. The van der Waals surface area contributed by atoms with Gasteiger partial charge in [0.15, 0.2) is 0 Å². The molecule has 0 aromatic heterocycles. The van der Waals surface area contributed by atoms with Crippen molar-refractivity contribution in [3.63, 3.8) is 0 Å². The van der Waals surface area contributed by atoms with Gasteiger partial charge in [0, 0.05) is 12.0 Å². The van der Waals surface area contributed by atoms with E-state index in [1.165, 1.54) is 0 Å². The Morgan fingerprint density at radius 1 is 1.38 bits per heavy atom. The van der Waals surface area contributed by atoms with E-state index in [0.717, 1.165) is 23.3 Å². The van der Waals surface area contributed by atoms with Gasteiger partial charge in [-0.15, -0.1) is 0 Å². The molecule has 0 N–H and O–H groups in total. The van der Waals surface area contributed by atoms with E-state index in [2.05, 4.69) is 20.8 Å². The molecule has 1 aromatic carbocycles. The zero-order valence-electron chi connectivity index (χ0n) is 10.0. The molecular formula is C14H17FO. The van der Waals surface area contributed by atoms with E-state index in [0.29, 0.717) is 18.4 Å². The summed E-state index contributed by atoms with van der Waals surface area (Å²) in [6, 6.07) is 3.32. The largest absolute Gasteiger partial charge is 0.493 e. The van der Waals surface area contributed by atoms with Crippen molar-refractivity contribution < 1.29 is 9.13 Å². The summed E-state index contributed by atoms with van der Waals surface area (Å²) in [6.07, 6.45) is 0.863. The van der Waals surface area contributed by atoms with Gasteiger partial charge in [-0.05, 0) is 34.9 Å². The molecule has 2 heteroatoms. The Morgan fingerprint density at radius 2 is 2.06 bits per heavy atom. The highest BCUT2D eigenvalue weighted by atomic mass is 19.1. The fraction of sp³-hybridized carbons (Fsp3) is 0.571. The van der Waals surface area contributed by atoms with Crippen LogP contribution >= 0.6 is 0 Å². The SMILES string of the molecule is C[C@@H]1[C@@H](c2c(F)ccc3c2CCO3)C1(C)C. The first-order valence-corrected chi connectivity index (χ1v) is 5.97. The summed E-state index contributed by atoms with van der Waals surface area (Å²) in [5.41, 5.74) is 2.27. The lowest BCUT2D eigenvalue weighted by atomic mass is 9.96. The van der Waals surface area contributed by atoms with E-state index < -0.39 is 0 Å². The van der Waals surface area contributed by atoms with Crippen LogP contribution in [-0.4, -0.2) is 6.61 Å². The average molecular weight is 220 g/mol. The van der Waals surface area contributed by atoms with Gasteiger partial charge in [-0.2, -0.15) is 0 Å². The Kier molecular flexibility index (Phi) is 1.90. The molecule has 3 rings (SSSR count). The number of hydrogen-bond donors (Lipinski definition) is 0. The van der Waals surface area contributed by atoms with Gasteiger partial charge in [-0.25, -0.2) is 4.39 Å². The lowest BCUT2D eigenvalue weighted by Crippen LogP contribution is -1.98. The topological polar surface area (TPSA) is 9.23 Å². The molecule has 1 aromatic rings. The summed E-state index contributed by atoms with van der Waals surface area (Å²) in [7, 11) is 0. The van der Waals surface area contributed by atoms with Gasteiger partial charge >= 0.3 is 0 Å². The Bertz CT molecular complexity index is 450. The van der Waals surface area contributed by atoms with Gasteiger partial charge in [-0.3, -0.25) is 0 Å². The van der Waals surface area contributed by atoms with Gasteiger partial charge in [0.1, 0.15) is 11.6 Å². The first-order chi connectivity index (χ1) is 7.53. The molecule has 1 saturated carbocycles. The maximum atomic E-state index is 14.0. The Balaban J connectivity index is 2.12. The molecule has 0 bridgehead atoms. The number of benzene rings is 1. The first kappa shape index (κ1) is 10.1. The van der Waals surface area contributed by atoms with Crippen molar-refractivity contribution in [3.05, 3.63) is 29.1 Å². The fourth-order valence-corrected chi connectivity index (χ4v) is 3.12. The maximum absolute atomic E-state index is 14.0. The summed E-state index contributed by atoms with van der Waals surface area (Å²) in [5, 5.41) is 0. The van der Waals surface area contributed by atoms with Gasteiger partial charge in [0.25, 0.3) is 0 Å². The molecule has 1 nitrogen and oxygen atoms in total. The molecule has 0 spiro atoms. The van der Waals surface area contributed by atoms with Crippen molar-refractivity contribution in [2.75, 3.05) is 6.61 Å². The van der Waals surface area contributed by atoms with Crippen LogP contribution in [0.2, 0.25) is 0 Å². The summed E-state index contributed by atoms with van der Waals surface area (Å²) < 4.78 is 19.5. The molecule has 1 aliphatic heterocycles. The molecule has 1 heterocycles. The van der Waals surface area contributed by atoms with Crippen LogP contribution in [0, 0.1) is 17.2 Å². The van der Waals surface area contributed by atoms with Crippen molar-refractivity contribution >= 4 is 0 Å². The van der Waals surface area contributed by atoms with Crippen LogP contribution in [0.5, 0.6) is 5.75 Å². The van der Waals surface area contributed by atoms with Crippen LogP contribution in [-0.2, 0) is 6.42 Å². The van der Waals surface area contributed by atoms with Crippen molar-refractivity contribution in [3.8, 4) is 5.75 Å². The van der Waals surface area contributed by atoms with Crippen LogP contribution in [0.15, 0.2) is 12.1 Å². The van der Waals surface area contributed by atoms with Crippen LogP contribution in [0.25, 0.3) is 0 Å². The van der Waals surface area contributed by atoms with Crippen LogP contribution < -0.4 is 4.74 Å². The molecule has 0 unspecified atom stereocenters. The number of ether oxygens (including phenoxy) is 1. The lowest BCUT2D eigenvalue weighted by Gasteiger charge is -2.10. The van der Waals surface area contributed by atoms with Gasteiger partial charge < -0.3 is 4.74 Å². The molecule has 16 heavy (non-hydrogen) atoms. The van der Waals surface area contributed by atoms with E-state index in [1.807, 2.05) is 0 Å². The summed E-state index contributed by atoms with van der Waals surface area (Å²) in [5.74, 6) is 1.77. The molecule has 0 saturated heterocycles. The molecule has 1 aliphatic carbocycles. The average Bonchev–Trinajstić information content (AvgIpc) is 2.67. The van der Waals surface area contributed by atoms with E-state index in [4.69, 9.17) is 4.74 Å². The third-order valence-corrected chi connectivity index (χ3v) is 4.55. The predicted molar refractivity (Wildman–Crippen MR) is 61.3 cm³/mol. The van der Waals surface area contributed by atoms with Gasteiger partial charge in [0.05, 0.1) is 6.61 Å². The van der Waals surface area contributed by atoms with E-state index >= 15 is 0 Å². The minimum atomic E-state index is -0.0494. The second-order valence-corrected chi connectivity index (χ2v) is 5.62. The summed E-state index contributed by atoms with van der Waals surface area (Å²) in [4.78, 5) is 0. The van der Waals surface area contributed by atoms with E-state index in [-0.39, 0.29) is 11.2 Å². The van der Waals surface area contributed by atoms with Crippen LogP contribution in [0.4, 0.5) is 4.39 Å². The molecule has 2 aliphatic rings.